The normalized spacial score (nSPS) is 11.6. The number of rotatable bonds is 1. The van der Waals surface area contributed by atoms with Crippen LogP contribution >= 0.6 is 23.2 Å². The Morgan fingerprint density at radius 2 is 1.75 bits per heavy atom. The first-order chi connectivity index (χ1) is 7.16. The Hall–Kier alpha value is -1.28. The summed E-state index contributed by atoms with van der Waals surface area (Å²) in [7, 11) is 0. The minimum atomic E-state index is -4.95. The lowest BCUT2D eigenvalue weighted by molar-refractivity contribution is -0.386. The molecule has 0 saturated carbocycles. The van der Waals surface area contributed by atoms with Gasteiger partial charge in [0.25, 0.3) is 0 Å². The number of aromatic nitrogens is 1. The SMILES string of the molecule is O=c1[nH]c(C(F)(F)F)c(Cl)c(Cl)c1[N+](=O)[O-]. The summed E-state index contributed by atoms with van der Waals surface area (Å²) in [6.45, 7) is 0. The van der Waals surface area contributed by atoms with Crippen LogP contribution in [0.15, 0.2) is 4.79 Å². The van der Waals surface area contributed by atoms with Gasteiger partial charge in [-0.1, -0.05) is 23.2 Å². The largest absolute Gasteiger partial charge is 0.432 e. The Bertz CT molecular complexity index is 511. The van der Waals surface area contributed by atoms with E-state index in [1.54, 1.807) is 0 Å². The van der Waals surface area contributed by atoms with E-state index >= 15 is 0 Å². The number of alkyl halides is 3. The second kappa shape index (κ2) is 3.95. The highest BCUT2D eigenvalue weighted by molar-refractivity contribution is 6.43. The number of hydrogen-bond acceptors (Lipinski definition) is 3. The van der Waals surface area contributed by atoms with Crippen LogP contribution in [0, 0.1) is 10.1 Å². The zero-order valence-corrected chi connectivity index (χ0v) is 8.57. The molecule has 5 nitrogen and oxygen atoms in total. The predicted molar refractivity (Wildman–Crippen MR) is 48.7 cm³/mol. The van der Waals surface area contributed by atoms with Crippen LogP contribution in [0.4, 0.5) is 18.9 Å². The van der Waals surface area contributed by atoms with Gasteiger partial charge < -0.3 is 4.98 Å². The highest BCUT2D eigenvalue weighted by Gasteiger charge is 2.38. The number of H-pyrrole nitrogens is 1. The molecule has 0 aliphatic rings. The fourth-order valence-corrected chi connectivity index (χ4v) is 1.39. The number of hydrogen-bond donors (Lipinski definition) is 1. The van der Waals surface area contributed by atoms with E-state index in [4.69, 9.17) is 23.2 Å². The van der Waals surface area contributed by atoms with E-state index in [2.05, 4.69) is 0 Å². The van der Waals surface area contributed by atoms with Crippen LogP contribution in [0.2, 0.25) is 10.0 Å². The Balaban J connectivity index is 3.65. The number of aromatic amines is 1. The molecular formula is C6HCl2F3N2O3. The molecule has 0 atom stereocenters. The highest BCUT2D eigenvalue weighted by atomic mass is 35.5. The van der Waals surface area contributed by atoms with Crippen molar-refractivity contribution in [2.24, 2.45) is 0 Å². The lowest BCUT2D eigenvalue weighted by atomic mass is 10.3. The Morgan fingerprint density at radius 1 is 1.25 bits per heavy atom. The van der Waals surface area contributed by atoms with Gasteiger partial charge in [0.05, 0.1) is 9.95 Å². The third-order valence-corrected chi connectivity index (χ3v) is 2.38. The van der Waals surface area contributed by atoms with E-state index in [1.165, 1.54) is 4.98 Å². The van der Waals surface area contributed by atoms with Gasteiger partial charge in [-0.15, -0.1) is 0 Å². The van der Waals surface area contributed by atoms with Crippen LogP contribution in [-0.4, -0.2) is 9.91 Å². The van der Waals surface area contributed by atoms with Gasteiger partial charge in [-0.3, -0.25) is 14.9 Å². The standard InChI is InChI=1S/C6HCl2F3N2O3/c7-1-2(8)4(6(9,10)11)12-5(14)3(1)13(15)16/h(H,12,14). The maximum absolute atomic E-state index is 12.3. The molecule has 0 fully saturated rings. The van der Waals surface area contributed by atoms with Crippen LogP contribution in [0.3, 0.4) is 0 Å². The molecule has 0 unspecified atom stereocenters. The molecule has 0 amide bonds. The van der Waals surface area contributed by atoms with Crippen molar-refractivity contribution in [2.45, 2.75) is 6.18 Å². The van der Waals surface area contributed by atoms with Gasteiger partial charge in [0.15, 0.2) is 0 Å². The second-order valence-corrected chi connectivity index (χ2v) is 3.32. The number of halogens is 5. The molecule has 88 valence electrons. The molecule has 1 N–H and O–H groups in total. The van der Waals surface area contributed by atoms with Gasteiger partial charge in [0.2, 0.25) is 0 Å². The van der Waals surface area contributed by atoms with Crippen molar-refractivity contribution in [3.8, 4) is 0 Å². The van der Waals surface area contributed by atoms with E-state index in [9.17, 15) is 28.1 Å². The van der Waals surface area contributed by atoms with Crippen LogP contribution < -0.4 is 5.56 Å². The van der Waals surface area contributed by atoms with E-state index in [0.717, 1.165) is 0 Å². The van der Waals surface area contributed by atoms with Crippen molar-refractivity contribution in [3.63, 3.8) is 0 Å². The average molecular weight is 277 g/mol. The fraction of sp³-hybridized carbons (Fsp3) is 0.167. The van der Waals surface area contributed by atoms with Crippen molar-refractivity contribution in [1.29, 1.82) is 0 Å². The topological polar surface area (TPSA) is 76.0 Å². The molecule has 10 heteroatoms. The predicted octanol–water partition coefficient (Wildman–Crippen LogP) is 2.61. The first-order valence-electron chi connectivity index (χ1n) is 3.49. The summed E-state index contributed by atoms with van der Waals surface area (Å²) in [5.41, 5.74) is -4.40. The molecule has 16 heavy (non-hydrogen) atoms. The number of nitrogens with zero attached hydrogens (tertiary/aromatic N) is 1. The first-order valence-corrected chi connectivity index (χ1v) is 4.24. The molecule has 0 spiro atoms. The van der Waals surface area contributed by atoms with Crippen LogP contribution in [0.5, 0.6) is 0 Å². The molecule has 0 radical (unpaired) electrons. The van der Waals surface area contributed by atoms with E-state index < -0.39 is 38.1 Å². The van der Waals surface area contributed by atoms with Crippen LogP contribution in [0.25, 0.3) is 0 Å². The van der Waals surface area contributed by atoms with E-state index in [1.807, 2.05) is 0 Å². The van der Waals surface area contributed by atoms with Crippen molar-refractivity contribution >= 4 is 28.9 Å². The van der Waals surface area contributed by atoms with Crippen molar-refractivity contribution in [3.05, 3.63) is 36.2 Å². The molecule has 1 aromatic rings. The van der Waals surface area contributed by atoms with Crippen LogP contribution in [0.1, 0.15) is 5.69 Å². The number of nitro groups is 1. The minimum Gasteiger partial charge on any atom is -0.311 e. The molecule has 1 heterocycles. The van der Waals surface area contributed by atoms with Gasteiger partial charge in [0.1, 0.15) is 10.7 Å². The quantitative estimate of drug-likeness (QED) is 0.633. The Morgan fingerprint density at radius 3 is 2.12 bits per heavy atom. The fourth-order valence-electron chi connectivity index (χ4n) is 0.899. The van der Waals surface area contributed by atoms with E-state index in [0.29, 0.717) is 0 Å². The van der Waals surface area contributed by atoms with Crippen molar-refractivity contribution < 1.29 is 18.1 Å². The summed E-state index contributed by atoms with van der Waals surface area (Å²) in [6, 6.07) is 0. The zero-order chi connectivity index (χ0) is 12.7. The van der Waals surface area contributed by atoms with Crippen LogP contribution in [-0.2, 0) is 6.18 Å². The molecule has 0 bridgehead atoms. The van der Waals surface area contributed by atoms with Gasteiger partial charge in [0, 0.05) is 0 Å². The minimum absolute atomic E-state index is 1.04. The lowest BCUT2D eigenvalue weighted by Crippen LogP contribution is -2.20. The summed E-state index contributed by atoms with van der Waals surface area (Å²) in [5.74, 6) is 0. The smallest absolute Gasteiger partial charge is 0.311 e. The van der Waals surface area contributed by atoms with Crippen molar-refractivity contribution in [1.82, 2.24) is 4.98 Å². The highest BCUT2D eigenvalue weighted by Crippen LogP contribution is 2.38. The summed E-state index contributed by atoms with van der Waals surface area (Å²) >= 11 is 10.4. The molecule has 0 aliphatic heterocycles. The lowest BCUT2D eigenvalue weighted by Gasteiger charge is -2.08. The Kier molecular flexibility index (Phi) is 3.15. The molecule has 0 aromatic carbocycles. The molecular weight excluding hydrogens is 276 g/mol. The Labute approximate surface area is 94.9 Å². The molecule has 0 aliphatic carbocycles. The van der Waals surface area contributed by atoms with Gasteiger partial charge >= 0.3 is 17.4 Å². The molecule has 0 saturated heterocycles. The zero-order valence-electron chi connectivity index (χ0n) is 7.06. The summed E-state index contributed by atoms with van der Waals surface area (Å²) in [5, 5.41) is 8.17. The van der Waals surface area contributed by atoms with Gasteiger partial charge in [-0.05, 0) is 0 Å². The number of pyridine rings is 1. The molecule has 1 rings (SSSR count). The van der Waals surface area contributed by atoms with Crippen molar-refractivity contribution in [2.75, 3.05) is 0 Å². The summed E-state index contributed by atoms with van der Waals surface area (Å²) < 4.78 is 36.8. The average Bonchev–Trinajstić information content (AvgIpc) is 2.09. The summed E-state index contributed by atoms with van der Waals surface area (Å²) in [4.78, 5) is 21.3. The monoisotopic (exact) mass is 276 g/mol. The second-order valence-electron chi connectivity index (χ2n) is 2.56. The number of nitrogens with one attached hydrogen (secondary N) is 1. The summed E-state index contributed by atoms with van der Waals surface area (Å²) in [6.07, 6.45) is -4.95. The first kappa shape index (κ1) is 12.8. The maximum atomic E-state index is 12.3. The van der Waals surface area contributed by atoms with Gasteiger partial charge in [-0.2, -0.15) is 13.2 Å². The third-order valence-electron chi connectivity index (χ3n) is 1.54. The third kappa shape index (κ3) is 2.12. The molecule has 1 aromatic heterocycles. The van der Waals surface area contributed by atoms with Gasteiger partial charge in [-0.25, -0.2) is 0 Å². The van der Waals surface area contributed by atoms with E-state index in [-0.39, 0.29) is 0 Å². The maximum Gasteiger partial charge on any atom is 0.432 e.